The second kappa shape index (κ2) is 8.61. The summed E-state index contributed by atoms with van der Waals surface area (Å²) in [5.41, 5.74) is 3.68. The first-order valence-electron chi connectivity index (χ1n) is 9.05. The third-order valence-electron chi connectivity index (χ3n) is 3.94. The van der Waals surface area contributed by atoms with Gasteiger partial charge in [-0.15, -0.1) is 0 Å². The minimum absolute atomic E-state index is 0.345. The minimum Gasteiger partial charge on any atom is -0.439 e. The Morgan fingerprint density at radius 1 is 1.00 bits per heavy atom. The van der Waals surface area contributed by atoms with Crippen LogP contribution < -0.4 is 5.69 Å². The zero-order valence-electron chi connectivity index (χ0n) is 16.5. The Labute approximate surface area is 154 Å². The molecule has 0 atom stereocenters. The molecule has 0 unspecified atom stereocenters. The van der Waals surface area contributed by atoms with Gasteiger partial charge in [-0.05, 0) is 43.5 Å². The summed E-state index contributed by atoms with van der Waals surface area (Å²) in [6, 6.07) is 7.88. The van der Waals surface area contributed by atoms with Crippen molar-refractivity contribution in [3.63, 3.8) is 0 Å². The van der Waals surface area contributed by atoms with E-state index in [0.29, 0.717) is 17.5 Å². The lowest BCUT2D eigenvalue weighted by molar-refractivity contribution is 0.534. The summed E-state index contributed by atoms with van der Waals surface area (Å²) in [6.45, 7) is 12.1. The van der Waals surface area contributed by atoms with Crippen LogP contribution in [0.1, 0.15) is 49.9 Å². The first-order valence-corrected chi connectivity index (χ1v) is 9.05. The lowest BCUT2D eigenvalue weighted by Crippen LogP contribution is -2.22. The molecule has 0 N–H and O–H groups in total. The molecule has 2 heterocycles. The van der Waals surface area contributed by atoms with Crippen LogP contribution in [0, 0.1) is 20.8 Å². The number of hydrogen-bond donors (Lipinski definition) is 0. The molecule has 5 nitrogen and oxygen atoms in total. The number of hydrogen-bond acceptors (Lipinski definition) is 4. The van der Waals surface area contributed by atoms with Crippen molar-refractivity contribution < 1.29 is 4.42 Å². The third kappa shape index (κ3) is 4.28. The van der Waals surface area contributed by atoms with Crippen molar-refractivity contribution in [1.29, 1.82) is 0 Å². The van der Waals surface area contributed by atoms with Crippen molar-refractivity contribution in [1.82, 2.24) is 14.5 Å². The van der Waals surface area contributed by atoms with E-state index in [0.717, 1.165) is 23.2 Å². The average Bonchev–Trinajstić information content (AvgIpc) is 2.99. The maximum Gasteiger partial charge on any atom is 0.353 e. The second-order valence-corrected chi connectivity index (χ2v) is 6.32. The number of benzene rings is 1. The summed E-state index contributed by atoms with van der Waals surface area (Å²) < 4.78 is 7.19. The zero-order valence-corrected chi connectivity index (χ0v) is 16.5. The maximum atomic E-state index is 12.3. The van der Waals surface area contributed by atoms with Crippen LogP contribution in [0.3, 0.4) is 0 Å². The van der Waals surface area contributed by atoms with E-state index in [2.05, 4.69) is 30.7 Å². The van der Waals surface area contributed by atoms with Gasteiger partial charge in [-0.3, -0.25) is 0 Å². The van der Waals surface area contributed by atoms with Gasteiger partial charge in [0, 0.05) is 24.4 Å². The van der Waals surface area contributed by atoms with E-state index in [-0.39, 0.29) is 5.69 Å². The SMILES string of the molecule is CCC.CCc1ccn(-c2nc(C)oc2-c2ccc(C)c(C)c2)c(=O)n1. The van der Waals surface area contributed by atoms with E-state index < -0.39 is 0 Å². The van der Waals surface area contributed by atoms with Gasteiger partial charge < -0.3 is 4.42 Å². The Morgan fingerprint density at radius 3 is 2.27 bits per heavy atom. The largest absolute Gasteiger partial charge is 0.439 e. The van der Waals surface area contributed by atoms with Crippen LogP contribution in [-0.2, 0) is 6.42 Å². The maximum absolute atomic E-state index is 12.3. The predicted molar refractivity (Wildman–Crippen MR) is 105 cm³/mol. The number of aryl methyl sites for hydroxylation is 4. The van der Waals surface area contributed by atoms with Crippen molar-refractivity contribution in [2.75, 3.05) is 0 Å². The molecular weight excluding hydrogens is 326 g/mol. The Hall–Kier alpha value is -2.69. The highest BCUT2D eigenvalue weighted by Crippen LogP contribution is 2.28. The second-order valence-electron chi connectivity index (χ2n) is 6.32. The van der Waals surface area contributed by atoms with Crippen molar-refractivity contribution in [2.45, 2.75) is 54.4 Å². The molecule has 5 heteroatoms. The quantitative estimate of drug-likeness (QED) is 0.679. The molecular formula is C21H27N3O2. The Kier molecular flexibility index (Phi) is 6.50. The van der Waals surface area contributed by atoms with E-state index in [1.165, 1.54) is 16.6 Å². The van der Waals surface area contributed by atoms with Crippen LogP contribution in [-0.4, -0.2) is 14.5 Å². The molecule has 1 aromatic carbocycles. The van der Waals surface area contributed by atoms with Crippen LogP contribution in [0.25, 0.3) is 17.1 Å². The minimum atomic E-state index is -0.345. The van der Waals surface area contributed by atoms with Gasteiger partial charge in [0.2, 0.25) is 0 Å². The van der Waals surface area contributed by atoms with Crippen LogP contribution in [0.15, 0.2) is 39.7 Å². The summed E-state index contributed by atoms with van der Waals surface area (Å²) in [7, 11) is 0. The molecule has 26 heavy (non-hydrogen) atoms. The topological polar surface area (TPSA) is 60.9 Å². The van der Waals surface area contributed by atoms with Gasteiger partial charge in [0.15, 0.2) is 17.5 Å². The molecule has 0 radical (unpaired) electrons. The fourth-order valence-electron chi connectivity index (χ4n) is 2.45. The molecule has 0 amide bonds. The smallest absolute Gasteiger partial charge is 0.353 e. The highest BCUT2D eigenvalue weighted by atomic mass is 16.4. The molecule has 0 saturated carbocycles. The van der Waals surface area contributed by atoms with Gasteiger partial charge in [0.25, 0.3) is 0 Å². The summed E-state index contributed by atoms with van der Waals surface area (Å²) in [5.74, 6) is 1.57. The van der Waals surface area contributed by atoms with Gasteiger partial charge in [-0.1, -0.05) is 39.3 Å². The normalized spacial score (nSPS) is 10.4. The van der Waals surface area contributed by atoms with E-state index in [1.807, 2.05) is 38.1 Å². The molecule has 0 aliphatic rings. The van der Waals surface area contributed by atoms with E-state index in [9.17, 15) is 4.79 Å². The number of aromatic nitrogens is 3. The number of rotatable bonds is 3. The molecule has 3 rings (SSSR count). The molecule has 2 aromatic heterocycles. The van der Waals surface area contributed by atoms with E-state index >= 15 is 0 Å². The molecule has 0 fully saturated rings. The lowest BCUT2D eigenvalue weighted by atomic mass is 10.0. The van der Waals surface area contributed by atoms with Crippen LogP contribution in [0.5, 0.6) is 0 Å². The monoisotopic (exact) mass is 353 g/mol. The Bertz CT molecular complexity index is 939. The van der Waals surface area contributed by atoms with Crippen LogP contribution >= 0.6 is 0 Å². The van der Waals surface area contributed by atoms with Crippen molar-refractivity contribution in [3.8, 4) is 17.1 Å². The van der Waals surface area contributed by atoms with Crippen LogP contribution in [0.2, 0.25) is 0 Å². The number of oxazole rings is 1. The lowest BCUT2D eigenvalue weighted by Gasteiger charge is -2.06. The van der Waals surface area contributed by atoms with Gasteiger partial charge in [-0.2, -0.15) is 9.97 Å². The predicted octanol–water partition coefficient (Wildman–Crippen LogP) is 4.79. The first-order chi connectivity index (χ1) is 12.4. The van der Waals surface area contributed by atoms with Gasteiger partial charge in [0.05, 0.1) is 0 Å². The Balaban J connectivity index is 0.000000758. The molecule has 0 aliphatic heterocycles. The average molecular weight is 353 g/mol. The standard InChI is InChI=1S/C18H19N3O2.C3H8/c1-5-15-8-9-21(18(22)20-15)17-16(23-13(4)19-17)14-7-6-11(2)12(3)10-14;1-3-2/h6-10H,5H2,1-4H3;3H2,1-2H3. The highest BCUT2D eigenvalue weighted by Gasteiger charge is 2.17. The van der Waals surface area contributed by atoms with E-state index in [1.54, 1.807) is 13.1 Å². The summed E-state index contributed by atoms with van der Waals surface area (Å²) >= 11 is 0. The highest BCUT2D eigenvalue weighted by molar-refractivity contribution is 5.66. The molecule has 0 aliphatic carbocycles. The molecule has 0 spiro atoms. The van der Waals surface area contributed by atoms with Gasteiger partial charge in [0.1, 0.15) is 0 Å². The fraction of sp³-hybridized carbons (Fsp3) is 0.381. The molecule has 0 bridgehead atoms. The summed E-state index contributed by atoms with van der Waals surface area (Å²) in [6.07, 6.45) is 3.67. The first kappa shape index (κ1) is 19.6. The van der Waals surface area contributed by atoms with Crippen molar-refractivity contribution in [3.05, 3.63) is 63.7 Å². The third-order valence-corrected chi connectivity index (χ3v) is 3.94. The van der Waals surface area contributed by atoms with Crippen molar-refractivity contribution in [2.24, 2.45) is 0 Å². The molecule has 138 valence electrons. The fourth-order valence-corrected chi connectivity index (χ4v) is 2.45. The van der Waals surface area contributed by atoms with Crippen molar-refractivity contribution >= 4 is 0 Å². The van der Waals surface area contributed by atoms with Crippen LogP contribution in [0.4, 0.5) is 0 Å². The van der Waals surface area contributed by atoms with Gasteiger partial charge >= 0.3 is 5.69 Å². The molecule has 0 saturated heterocycles. The zero-order chi connectivity index (χ0) is 19.3. The summed E-state index contributed by atoms with van der Waals surface area (Å²) in [5, 5.41) is 0. The Morgan fingerprint density at radius 2 is 1.69 bits per heavy atom. The summed E-state index contributed by atoms with van der Waals surface area (Å²) in [4.78, 5) is 20.7. The van der Waals surface area contributed by atoms with E-state index in [4.69, 9.17) is 4.42 Å². The molecule has 3 aromatic rings. The number of nitrogens with zero attached hydrogens (tertiary/aromatic N) is 3. The van der Waals surface area contributed by atoms with Gasteiger partial charge in [-0.25, -0.2) is 9.36 Å².